The molecular formula is C6H6INO2. The number of pyridine rings is 1. The van der Waals surface area contributed by atoms with E-state index >= 15 is 0 Å². The van der Waals surface area contributed by atoms with E-state index in [2.05, 4.69) is 4.98 Å². The molecule has 0 aliphatic rings. The average Bonchev–Trinajstić information content (AvgIpc) is 1.95. The van der Waals surface area contributed by atoms with Gasteiger partial charge in [0.05, 0.1) is 7.11 Å². The summed E-state index contributed by atoms with van der Waals surface area (Å²) in [5, 5.41) is 9.20. The molecule has 0 aliphatic heterocycles. The maximum absolute atomic E-state index is 9.20. The maximum atomic E-state index is 9.20. The second kappa shape index (κ2) is 3.05. The Bertz CT molecular complexity index is 239. The Morgan fingerprint density at radius 3 is 2.90 bits per heavy atom. The molecule has 0 atom stereocenters. The number of methoxy groups -OCH3 is 1. The van der Waals surface area contributed by atoms with Crippen molar-refractivity contribution in [3.63, 3.8) is 0 Å². The maximum Gasteiger partial charge on any atom is 0.190 e. The highest BCUT2D eigenvalue weighted by atomic mass is 127. The molecule has 0 fully saturated rings. The van der Waals surface area contributed by atoms with Gasteiger partial charge in [-0.25, -0.2) is 4.98 Å². The minimum Gasteiger partial charge on any atom is -0.502 e. The Hall–Kier alpha value is -0.520. The van der Waals surface area contributed by atoms with E-state index < -0.39 is 0 Å². The SMILES string of the molecule is COc1ccnc(I)c1O. The van der Waals surface area contributed by atoms with Crippen molar-refractivity contribution in [2.24, 2.45) is 0 Å². The van der Waals surface area contributed by atoms with Crippen molar-refractivity contribution < 1.29 is 9.84 Å². The lowest BCUT2D eigenvalue weighted by Gasteiger charge is -2.01. The van der Waals surface area contributed by atoms with Gasteiger partial charge in [0.1, 0.15) is 3.70 Å². The Labute approximate surface area is 72.2 Å². The van der Waals surface area contributed by atoms with Crippen LogP contribution < -0.4 is 4.74 Å². The van der Waals surface area contributed by atoms with E-state index in [1.807, 2.05) is 22.6 Å². The summed E-state index contributed by atoms with van der Waals surface area (Å²) >= 11 is 1.93. The molecule has 4 heteroatoms. The first-order valence-electron chi connectivity index (χ1n) is 2.63. The molecular weight excluding hydrogens is 245 g/mol. The van der Waals surface area contributed by atoms with Gasteiger partial charge in [0.2, 0.25) is 0 Å². The number of hydrogen-bond donors (Lipinski definition) is 1. The molecule has 1 rings (SSSR count). The molecule has 1 aromatic heterocycles. The molecule has 0 saturated heterocycles. The minimum absolute atomic E-state index is 0.102. The van der Waals surface area contributed by atoms with Crippen LogP contribution >= 0.6 is 22.6 Å². The van der Waals surface area contributed by atoms with E-state index in [9.17, 15) is 5.11 Å². The van der Waals surface area contributed by atoms with Gasteiger partial charge in [0.25, 0.3) is 0 Å². The predicted molar refractivity (Wildman–Crippen MR) is 45.2 cm³/mol. The highest BCUT2D eigenvalue weighted by Gasteiger charge is 2.03. The Balaban J connectivity index is 3.14. The third-order valence-corrected chi connectivity index (χ3v) is 1.85. The van der Waals surface area contributed by atoms with E-state index in [0.29, 0.717) is 9.45 Å². The molecule has 3 nitrogen and oxygen atoms in total. The quantitative estimate of drug-likeness (QED) is 0.606. The van der Waals surface area contributed by atoms with E-state index in [0.717, 1.165) is 0 Å². The second-order valence-electron chi connectivity index (χ2n) is 1.65. The molecule has 0 unspecified atom stereocenters. The molecule has 54 valence electrons. The molecule has 1 heterocycles. The Morgan fingerprint density at radius 1 is 1.70 bits per heavy atom. The predicted octanol–water partition coefficient (Wildman–Crippen LogP) is 1.40. The smallest absolute Gasteiger partial charge is 0.190 e. The van der Waals surface area contributed by atoms with Gasteiger partial charge >= 0.3 is 0 Å². The van der Waals surface area contributed by atoms with Crippen LogP contribution in [0.1, 0.15) is 0 Å². The zero-order valence-electron chi connectivity index (χ0n) is 5.34. The van der Waals surface area contributed by atoms with E-state index in [-0.39, 0.29) is 5.75 Å². The van der Waals surface area contributed by atoms with E-state index in [1.54, 1.807) is 12.3 Å². The summed E-state index contributed by atoms with van der Waals surface area (Å²) in [6, 6.07) is 1.61. The van der Waals surface area contributed by atoms with Gasteiger partial charge < -0.3 is 9.84 Å². The lowest BCUT2D eigenvalue weighted by Crippen LogP contribution is -1.86. The standard InChI is InChI=1S/C6H6INO2/c1-10-4-2-3-8-6(7)5(4)9/h2-3,9H,1H3. The van der Waals surface area contributed by atoms with Crippen molar-refractivity contribution in [2.75, 3.05) is 7.11 Å². The number of aromatic hydroxyl groups is 1. The van der Waals surface area contributed by atoms with Crippen LogP contribution in [-0.4, -0.2) is 17.2 Å². The number of rotatable bonds is 1. The number of halogens is 1. The number of nitrogens with zero attached hydrogens (tertiary/aromatic N) is 1. The lowest BCUT2D eigenvalue weighted by molar-refractivity contribution is 0.369. The molecule has 0 amide bonds. The summed E-state index contributed by atoms with van der Waals surface area (Å²) in [6.07, 6.45) is 1.58. The fourth-order valence-corrected chi connectivity index (χ4v) is 1.00. The van der Waals surface area contributed by atoms with Crippen LogP contribution in [0.2, 0.25) is 0 Å². The van der Waals surface area contributed by atoms with Gasteiger partial charge in [-0.05, 0) is 22.6 Å². The molecule has 1 aromatic rings. The largest absolute Gasteiger partial charge is 0.502 e. The van der Waals surface area contributed by atoms with E-state index in [1.165, 1.54) is 7.11 Å². The Morgan fingerprint density at radius 2 is 2.40 bits per heavy atom. The van der Waals surface area contributed by atoms with Crippen molar-refractivity contribution in [2.45, 2.75) is 0 Å². The van der Waals surface area contributed by atoms with Gasteiger partial charge in [0, 0.05) is 12.3 Å². The summed E-state index contributed by atoms with van der Waals surface area (Å²) in [6.45, 7) is 0. The highest BCUT2D eigenvalue weighted by molar-refractivity contribution is 14.1. The molecule has 10 heavy (non-hydrogen) atoms. The first kappa shape index (κ1) is 7.59. The van der Waals surface area contributed by atoms with Gasteiger partial charge in [-0.15, -0.1) is 0 Å². The molecule has 0 radical (unpaired) electrons. The summed E-state index contributed by atoms with van der Waals surface area (Å²) in [4.78, 5) is 3.84. The molecule has 0 saturated carbocycles. The van der Waals surface area contributed by atoms with Gasteiger partial charge in [-0.2, -0.15) is 0 Å². The van der Waals surface area contributed by atoms with Gasteiger partial charge in [-0.1, -0.05) is 0 Å². The van der Waals surface area contributed by atoms with E-state index in [4.69, 9.17) is 4.74 Å². The number of aromatic nitrogens is 1. The normalized spacial score (nSPS) is 9.40. The van der Waals surface area contributed by atoms with Crippen LogP contribution in [0.4, 0.5) is 0 Å². The van der Waals surface area contributed by atoms with Crippen LogP contribution in [0.5, 0.6) is 11.5 Å². The van der Waals surface area contributed by atoms with Crippen LogP contribution in [-0.2, 0) is 0 Å². The Kier molecular flexibility index (Phi) is 2.31. The van der Waals surface area contributed by atoms with Crippen LogP contribution in [0, 0.1) is 3.70 Å². The van der Waals surface area contributed by atoms with Crippen molar-refractivity contribution in [1.29, 1.82) is 0 Å². The van der Waals surface area contributed by atoms with Crippen molar-refractivity contribution in [3.05, 3.63) is 16.0 Å². The summed E-state index contributed by atoms with van der Waals surface area (Å²) in [5.41, 5.74) is 0. The summed E-state index contributed by atoms with van der Waals surface area (Å²) < 4.78 is 5.38. The molecule has 0 aliphatic carbocycles. The van der Waals surface area contributed by atoms with Crippen LogP contribution in [0.15, 0.2) is 12.3 Å². The first-order valence-corrected chi connectivity index (χ1v) is 3.71. The van der Waals surface area contributed by atoms with Crippen LogP contribution in [0.25, 0.3) is 0 Å². The molecule has 0 bridgehead atoms. The molecule has 0 spiro atoms. The fraction of sp³-hybridized carbons (Fsp3) is 0.167. The minimum atomic E-state index is 0.102. The third-order valence-electron chi connectivity index (χ3n) is 1.06. The topological polar surface area (TPSA) is 42.4 Å². The monoisotopic (exact) mass is 251 g/mol. The lowest BCUT2D eigenvalue weighted by atomic mass is 10.4. The van der Waals surface area contributed by atoms with Gasteiger partial charge in [-0.3, -0.25) is 0 Å². The number of ether oxygens (including phenoxy) is 1. The highest BCUT2D eigenvalue weighted by Crippen LogP contribution is 2.27. The average molecular weight is 251 g/mol. The number of hydrogen-bond acceptors (Lipinski definition) is 3. The summed E-state index contributed by atoms with van der Waals surface area (Å²) in [7, 11) is 1.51. The van der Waals surface area contributed by atoms with Crippen molar-refractivity contribution in [1.82, 2.24) is 4.98 Å². The molecule has 1 N–H and O–H groups in total. The summed E-state index contributed by atoms with van der Waals surface area (Å²) in [5.74, 6) is 0.560. The third kappa shape index (κ3) is 1.31. The zero-order chi connectivity index (χ0) is 7.56. The van der Waals surface area contributed by atoms with Gasteiger partial charge in [0.15, 0.2) is 11.5 Å². The van der Waals surface area contributed by atoms with Crippen molar-refractivity contribution in [3.8, 4) is 11.5 Å². The second-order valence-corrected chi connectivity index (χ2v) is 2.67. The fourth-order valence-electron chi connectivity index (χ4n) is 0.577. The van der Waals surface area contributed by atoms with Crippen LogP contribution in [0.3, 0.4) is 0 Å². The first-order chi connectivity index (χ1) is 4.75. The zero-order valence-corrected chi connectivity index (χ0v) is 7.49. The molecule has 0 aromatic carbocycles. The van der Waals surface area contributed by atoms with Crippen molar-refractivity contribution >= 4 is 22.6 Å².